The first kappa shape index (κ1) is 11.0. The second kappa shape index (κ2) is 5.55. The van der Waals surface area contributed by atoms with Crippen LogP contribution < -0.4 is 0 Å². The summed E-state index contributed by atoms with van der Waals surface area (Å²) in [5.74, 6) is 0.849. The molecule has 0 radical (unpaired) electrons. The summed E-state index contributed by atoms with van der Waals surface area (Å²) in [6, 6.07) is 0. The lowest BCUT2D eigenvalue weighted by Crippen LogP contribution is -2.35. The molecule has 0 bridgehead atoms. The maximum atomic E-state index is 5.37. The van der Waals surface area contributed by atoms with Crippen molar-refractivity contribution in [1.82, 2.24) is 4.90 Å². The van der Waals surface area contributed by atoms with E-state index in [-0.39, 0.29) is 0 Å². The largest absolute Gasteiger partial charge is 0.378 e. The lowest BCUT2D eigenvalue weighted by atomic mass is 9.88. The molecule has 0 unspecified atom stereocenters. The first-order valence-corrected chi connectivity index (χ1v) is 6.37. The van der Waals surface area contributed by atoms with Gasteiger partial charge in [-0.1, -0.05) is 25.3 Å². The summed E-state index contributed by atoms with van der Waals surface area (Å²) < 4.78 is 5.37. The van der Waals surface area contributed by atoms with Gasteiger partial charge in [-0.2, -0.15) is 0 Å². The van der Waals surface area contributed by atoms with E-state index >= 15 is 0 Å². The van der Waals surface area contributed by atoms with E-state index in [4.69, 9.17) is 4.74 Å². The van der Waals surface area contributed by atoms with E-state index in [9.17, 15) is 0 Å². The van der Waals surface area contributed by atoms with Crippen molar-refractivity contribution in [1.29, 1.82) is 0 Å². The molecule has 1 heterocycles. The first-order valence-electron chi connectivity index (χ1n) is 6.37. The van der Waals surface area contributed by atoms with Crippen LogP contribution in [0.15, 0.2) is 11.8 Å². The van der Waals surface area contributed by atoms with E-state index in [0.29, 0.717) is 0 Å². The Balaban J connectivity index is 1.86. The number of rotatable bonds is 2. The SMILES string of the molecule is CC(=CC1CCCCC1)N1CCOCC1. The molecule has 0 aromatic rings. The molecule has 0 amide bonds. The molecule has 2 fully saturated rings. The van der Waals surface area contributed by atoms with Gasteiger partial charge in [0.05, 0.1) is 13.2 Å². The van der Waals surface area contributed by atoms with Crippen LogP contribution in [-0.2, 0) is 4.74 Å². The molecular weight excluding hydrogens is 186 g/mol. The van der Waals surface area contributed by atoms with Crippen LogP contribution in [0.25, 0.3) is 0 Å². The minimum Gasteiger partial charge on any atom is -0.378 e. The van der Waals surface area contributed by atoms with Crippen LogP contribution in [0.4, 0.5) is 0 Å². The number of allylic oxidation sites excluding steroid dienone is 2. The van der Waals surface area contributed by atoms with Gasteiger partial charge in [-0.25, -0.2) is 0 Å². The molecule has 2 rings (SSSR count). The molecule has 0 aromatic heterocycles. The molecule has 1 saturated carbocycles. The zero-order valence-corrected chi connectivity index (χ0v) is 9.87. The van der Waals surface area contributed by atoms with Crippen LogP contribution in [0.5, 0.6) is 0 Å². The molecular formula is C13H23NO. The number of hydrogen-bond donors (Lipinski definition) is 0. The van der Waals surface area contributed by atoms with E-state index in [1.165, 1.54) is 37.8 Å². The van der Waals surface area contributed by atoms with Gasteiger partial charge in [0.15, 0.2) is 0 Å². The lowest BCUT2D eigenvalue weighted by Gasteiger charge is -2.30. The molecule has 86 valence electrons. The molecule has 1 aliphatic heterocycles. The zero-order valence-electron chi connectivity index (χ0n) is 9.87. The molecule has 2 aliphatic rings. The predicted molar refractivity (Wildman–Crippen MR) is 62.7 cm³/mol. The third-order valence-corrected chi connectivity index (χ3v) is 3.64. The Hall–Kier alpha value is -0.500. The van der Waals surface area contributed by atoms with Crippen molar-refractivity contribution in [2.75, 3.05) is 26.3 Å². The van der Waals surface area contributed by atoms with Crippen LogP contribution in [0.3, 0.4) is 0 Å². The van der Waals surface area contributed by atoms with E-state index in [1.54, 1.807) is 0 Å². The highest BCUT2D eigenvalue weighted by molar-refractivity contribution is 5.02. The Morgan fingerprint density at radius 1 is 1.13 bits per heavy atom. The van der Waals surface area contributed by atoms with E-state index in [0.717, 1.165) is 32.2 Å². The van der Waals surface area contributed by atoms with Gasteiger partial charge in [-0.3, -0.25) is 0 Å². The smallest absolute Gasteiger partial charge is 0.0642 e. The summed E-state index contributed by atoms with van der Waals surface area (Å²) in [5.41, 5.74) is 1.48. The van der Waals surface area contributed by atoms with Crippen LogP contribution in [0.1, 0.15) is 39.0 Å². The second-order valence-electron chi connectivity index (χ2n) is 4.81. The van der Waals surface area contributed by atoms with Crippen molar-refractivity contribution >= 4 is 0 Å². The summed E-state index contributed by atoms with van der Waals surface area (Å²) in [5, 5.41) is 0. The number of ether oxygens (including phenoxy) is 1. The number of nitrogens with zero attached hydrogens (tertiary/aromatic N) is 1. The van der Waals surface area contributed by atoms with E-state index < -0.39 is 0 Å². The number of morpholine rings is 1. The first-order chi connectivity index (χ1) is 7.36. The summed E-state index contributed by atoms with van der Waals surface area (Å²) >= 11 is 0. The maximum absolute atomic E-state index is 5.37. The fourth-order valence-corrected chi connectivity index (χ4v) is 2.66. The molecule has 15 heavy (non-hydrogen) atoms. The van der Waals surface area contributed by atoms with Crippen LogP contribution in [-0.4, -0.2) is 31.2 Å². The van der Waals surface area contributed by atoms with Crippen molar-refractivity contribution < 1.29 is 4.74 Å². The van der Waals surface area contributed by atoms with Gasteiger partial charge in [0.25, 0.3) is 0 Å². The Labute approximate surface area is 93.3 Å². The topological polar surface area (TPSA) is 12.5 Å². The molecule has 1 aliphatic carbocycles. The van der Waals surface area contributed by atoms with E-state index in [2.05, 4.69) is 17.9 Å². The minimum absolute atomic E-state index is 0.849. The highest BCUT2D eigenvalue weighted by Crippen LogP contribution is 2.26. The molecule has 1 saturated heterocycles. The average Bonchev–Trinajstić information content (AvgIpc) is 2.31. The third kappa shape index (κ3) is 3.23. The molecule has 0 atom stereocenters. The zero-order chi connectivity index (χ0) is 10.5. The normalized spacial score (nSPS) is 25.7. The van der Waals surface area contributed by atoms with Gasteiger partial charge in [-0.05, 0) is 25.7 Å². The van der Waals surface area contributed by atoms with Gasteiger partial charge >= 0.3 is 0 Å². The van der Waals surface area contributed by atoms with Crippen LogP contribution >= 0.6 is 0 Å². The van der Waals surface area contributed by atoms with Crippen molar-refractivity contribution in [2.45, 2.75) is 39.0 Å². The minimum atomic E-state index is 0.849. The third-order valence-electron chi connectivity index (χ3n) is 3.64. The van der Waals surface area contributed by atoms with E-state index in [1.807, 2.05) is 0 Å². The van der Waals surface area contributed by atoms with Gasteiger partial charge in [0.2, 0.25) is 0 Å². The summed E-state index contributed by atoms with van der Waals surface area (Å²) in [6.07, 6.45) is 9.61. The Bertz CT molecular complexity index is 213. The van der Waals surface area contributed by atoms with Crippen LogP contribution in [0, 0.1) is 5.92 Å². The molecule has 2 nitrogen and oxygen atoms in total. The Morgan fingerprint density at radius 3 is 2.47 bits per heavy atom. The fraction of sp³-hybridized carbons (Fsp3) is 0.846. The standard InChI is InChI=1S/C13H23NO/c1-12(14-7-9-15-10-8-14)11-13-5-3-2-4-6-13/h11,13H,2-10H2,1H3. The van der Waals surface area contributed by atoms with Gasteiger partial charge in [0.1, 0.15) is 0 Å². The highest BCUT2D eigenvalue weighted by Gasteiger charge is 2.14. The molecule has 0 aromatic carbocycles. The van der Waals surface area contributed by atoms with Gasteiger partial charge in [-0.15, -0.1) is 0 Å². The summed E-state index contributed by atoms with van der Waals surface area (Å²) in [6.45, 7) is 6.22. The van der Waals surface area contributed by atoms with Crippen molar-refractivity contribution in [3.63, 3.8) is 0 Å². The lowest BCUT2D eigenvalue weighted by molar-refractivity contribution is 0.0533. The maximum Gasteiger partial charge on any atom is 0.0642 e. The molecule has 2 heteroatoms. The monoisotopic (exact) mass is 209 g/mol. The van der Waals surface area contributed by atoms with Crippen LogP contribution in [0.2, 0.25) is 0 Å². The summed E-state index contributed by atoms with van der Waals surface area (Å²) in [4.78, 5) is 2.47. The van der Waals surface area contributed by atoms with Gasteiger partial charge < -0.3 is 9.64 Å². The quantitative estimate of drug-likeness (QED) is 0.693. The Kier molecular flexibility index (Phi) is 4.07. The van der Waals surface area contributed by atoms with Crippen molar-refractivity contribution in [2.24, 2.45) is 5.92 Å². The van der Waals surface area contributed by atoms with Gasteiger partial charge in [0, 0.05) is 18.8 Å². The van der Waals surface area contributed by atoms with Crippen molar-refractivity contribution in [3.05, 3.63) is 11.8 Å². The average molecular weight is 209 g/mol. The predicted octanol–water partition coefficient (Wildman–Crippen LogP) is 2.80. The second-order valence-corrected chi connectivity index (χ2v) is 4.81. The Morgan fingerprint density at radius 2 is 1.80 bits per heavy atom. The molecule has 0 N–H and O–H groups in total. The highest BCUT2D eigenvalue weighted by atomic mass is 16.5. The van der Waals surface area contributed by atoms with Crippen molar-refractivity contribution in [3.8, 4) is 0 Å². The fourth-order valence-electron chi connectivity index (χ4n) is 2.66. The molecule has 0 spiro atoms. The number of hydrogen-bond acceptors (Lipinski definition) is 2. The summed E-state index contributed by atoms with van der Waals surface area (Å²) in [7, 11) is 0.